The van der Waals surface area contributed by atoms with Gasteiger partial charge in [-0.3, -0.25) is 9.59 Å². The lowest BCUT2D eigenvalue weighted by atomic mass is 10.0. The monoisotopic (exact) mass is 390 g/mol. The molecule has 2 aromatic rings. The first kappa shape index (κ1) is 18.7. The number of thiophene rings is 1. The number of rotatable bonds is 3. The molecule has 0 bridgehead atoms. The van der Waals surface area contributed by atoms with Gasteiger partial charge in [-0.2, -0.15) is 0 Å². The van der Waals surface area contributed by atoms with E-state index in [4.69, 9.17) is 9.47 Å². The Hall–Kier alpha value is -1.70. The maximum atomic E-state index is 13.3. The Balaban J connectivity index is 1.65. The van der Waals surface area contributed by atoms with Crippen LogP contribution in [-0.4, -0.2) is 47.5 Å². The molecule has 27 heavy (non-hydrogen) atoms. The molecular formula is C20H26N2O4S. The highest BCUT2D eigenvalue weighted by Gasteiger charge is 2.41. The SMILES string of the molecule is Cc1sc2ccn(CC(C)C)c(=O)c2c1C(=O)N1CCC2(CC1)OCCO2. The summed E-state index contributed by atoms with van der Waals surface area (Å²) < 4.78 is 14.1. The molecule has 1 spiro atoms. The van der Waals surface area contributed by atoms with Crippen LogP contribution in [0.2, 0.25) is 0 Å². The van der Waals surface area contributed by atoms with Crippen LogP contribution in [0, 0.1) is 12.8 Å². The summed E-state index contributed by atoms with van der Waals surface area (Å²) in [5, 5.41) is 0.569. The van der Waals surface area contributed by atoms with Crippen molar-refractivity contribution >= 4 is 27.3 Å². The summed E-state index contributed by atoms with van der Waals surface area (Å²) >= 11 is 1.52. The number of ether oxygens (including phenoxy) is 2. The zero-order valence-electron chi connectivity index (χ0n) is 16.1. The summed E-state index contributed by atoms with van der Waals surface area (Å²) in [7, 11) is 0. The Bertz CT molecular complexity index is 914. The third kappa shape index (κ3) is 3.32. The number of hydrogen-bond acceptors (Lipinski definition) is 5. The van der Waals surface area contributed by atoms with Gasteiger partial charge in [0.1, 0.15) is 0 Å². The van der Waals surface area contributed by atoms with Crippen molar-refractivity contribution in [3.8, 4) is 0 Å². The zero-order valence-corrected chi connectivity index (χ0v) is 16.9. The molecule has 2 saturated heterocycles. The maximum Gasteiger partial charge on any atom is 0.260 e. The van der Waals surface area contributed by atoms with Gasteiger partial charge in [-0.1, -0.05) is 13.8 Å². The lowest BCUT2D eigenvalue weighted by Gasteiger charge is -2.37. The number of amides is 1. The van der Waals surface area contributed by atoms with Gasteiger partial charge < -0.3 is 18.9 Å². The number of fused-ring (bicyclic) bond motifs is 1. The molecule has 6 nitrogen and oxygen atoms in total. The zero-order chi connectivity index (χ0) is 19.2. The van der Waals surface area contributed by atoms with E-state index in [9.17, 15) is 9.59 Å². The van der Waals surface area contributed by atoms with Crippen LogP contribution in [-0.2, 0) is 16.0 Å². The fraction of sp³-hybridized carbons (Fsp3) is 0.600. The van der Waals surface area contributed by atoms with Gasteiger partial charge in [0.2, 0.25) is 0 Å². The predicted octanol–water partition coefficient (Wildman–Crippen LogP) is 3.01. The number of likely N-dealkylation sites (tertiary alicyclic amines) is 1. The van der Waals surface area contributed by atoms with Crippen LogP contribution in [0.4, 0.5) is 0 Å². The summed E-state index contributed by atoms with van der Waals surface area (Å²) in [5.41, 5.74) is 0.507. The minimum atomic E-state index is -0.507. The van der Waals surface area contributed by atoms with E-state index < -0.39 is 5.79 Å². The predicted molar refractivity (Wildman–Crippen MR) is 105 cm³/mol. The second kappa shape index (κ2) is 7.04. The lowest BCUT2D eigenvalue weighted by Crippen LogP contribution is -2.47. The second-order valence-corrected chi connectivity index (χ2v) is 9.10. The second-order valence-electron chi connectivity index (χ2n) is 7.84. The third-order valence-electron chi connectivity index (χ3n) is 5.39. The number of aryl methyl sites for hydroxylation is 1. The normalized spacial score (nSPS) is 19.5. The first-order chi connectivity index (χ1) is 12.9. The van der Waals surface area contributed by atoms with E-state index in [1.54, 1.807) is 4.57 Å². The lowest BCUT2D eigenvalue weighted by molar-refractivity contribution is -0.181. The highest BCUT2D eigenvalue weighted by atomic mass is 32.1. The number of hydrogen-bond donors (Lipinski definition) is 0. The van der Waals surface area contributed by atoms with Crippen LogP contribution < -0.4 is 5.56 Å². The standard InChI is InChI=1S/C20H26N2O4S/c1-13(2)12-22-7-4-15-17(19(22)24)16(14(3)27-15)18(23)21-8-5-20(6-9-21)25-10-11-26-20/h4,7,13H,5-6,8-12H2,1-3H3. The number of piperidine rings is 1. The van der Waals surface area contributed by atoms with Crippen LogP contribution in [0.25, 0.3) is 10.1 Å². The summed E-state index contributed by atoms with van der Waals surface area (Å²) in [6.45, 7) is 9.16. The van der Waals surface area contributed by atoms with Crippen molar-refractivity contribution in [2.75, 3.05) is 26.3 Å². The Morgan fingerprint density at radius 1 is 1.26 bits per heavy atom. The summed E-state index contributed by atoms with van der Waals surface area (Å²) in [6.07, 6.45) is 3.20. The largest absolute Gasteiger partial charge is 0.347 e. The number of pyridine rings is 1. The summed E-state index contributed by atoms with van der Waals surface area (Å²) in [5.74, 6) is -0.193. The van der Waals surface area contributed by atoms with Crippen molar-refractivity contribution in [1.82, 2.24) is 9.47 Å². The van der Waals surface area contributed by atoms with Crippen LogP contribution >= 0.6 is 11.3 Å². The molecule has 0 aliphatic carbocycles. The van der Waals surface area contributed by atoms with Crippen LogP contribution in [0.15, 0.2) is 17.1 Å². The first-order valence-corrected chi connectivity index (χ1v) is 10.4. The highest BCUT2D eigenvalue weighted by molar-refractivity contribution is 7.19. The molecule has 146 valence electrons. The van der Waals surface area contributed by atoms with E-state index in [2.05, 4.69) is 13.8 Å². The molecular weight excluding hydrogens is 364 g/mol. The first-order valence-electron chi connectivity index (χ1n) is 9.60. The average Bonchev–Trinajstić information content (AvgIpc) is 3.22. The van der Waals surface area contributed by atoms with Gasteiger partial charge in [-0.25, -0.2) is 0 Å². The van der Waals surface area contributed by atoms with Crippen LogP contribution in [0.1, 0.15) is 41.9 Å². The van der Waals surface area contributed by atoms with E-state index in [0.717, 1.165) is 9.58 Å². The molecule has 2 aliphatic rings. The molecule has 0 radical (unpaired) electrons. The molecule has 4 rings (SSSR count). The Labute approximate surface area is 162 Å². The summed E-state index contributed by atoms with van der Waals surface area (Å²) in [6, 6.07) is 1.96. The van der Waals surface area contributed by atoms with Crippen molar-refractivity contribution in [1.29, 1.82) is 0 Å². The molecule has 4 heterocycles. The fourth-order valence-electron chi connectivity index (χ4n) is 4.05. The Morgan fingerprint density at radius 2 is 1.93 bits per heavy atom. The van der Waals surface area contributed by atoms with Crippen LogP contribution in [0.5, 0.6) is 0 Å². The van der Waals surface area contributed by atoms with Gasteiger partial charge in [0.25, 0.3) is 11.5 Å². The highest BCUT2D eigenvalue weighted by Crippen LogP contribution is 2.34. The average molecular weight is 391 g/mol. The Morgan fingerprint density at radius 3 is 2.56 bits per heavy atom. The minimum Gasteiger partial charge on any atom is -0.347 e. The Kier molecular flexibility index (Phi) is 4.86. The van der Waals surface area contributed by atoms with Crippen molar-refractivity contribution in [2.24, 2.45) is 5.92 Å². The number of aromatic nitrogens is 1. The molecule has 0 unspecified atom stereocenters. The molecule has 1 amide bonds. The number of carbonyl (C=O) groups excluding carboxylic acids is 1. The van der Waals surface area contributed by atoms with E-state index in [-0.39, 0.29) is 11.5 Å². The molecule has 2 aliphatic heterocycles. The molecule has 2 fully saturated rings. The van der Waals surface area contributed by atoms with E-state index in [1.165, 1.54) is 11.3 Å². The summed E-state index contributed by atoms with van der Waals surface area (Å²) in [4.78, 5) is 29.1. The molecule has 0 atom stereocenters. The van der Waals surface area contributed by atoms with Gasteiger partial charge >= 0.3 is 0 Å². The topological polar surface area (TPSA) is 60.8 Å². The quantitative estimate of drug-likeness (QED) is 0.808. The van der Waals surface area contributed by atoms with Gasteiger partial charge in [-0.15, -0.1) is 11.3 Å². The molecule has 0 aromatic carbocycles. The number of nitrogens with zero attached hydrogens (tertiary/aromatic N) is 2. The van der Waals surface area contributed by atoms with E-state index in [0.29, 0.717) is 62.6 Å². The van der Waals surface area contributed by atoms with Gasteiger partial charge in [0.05, 0.1) is 24.2 Å². The van der Waals surface area contributed by atoms with Crippen molar-refractivity contribution in [2.45, 2.75) is 45.9 Å². The fourth-order valence-corrected chi connectivity index (χ4v) is 5.10. The smallest absolute Gasteiger partial charge is 0.260 e. The van der Waals surface area contributed by atoms with Gasteiger partial charge in [0, 0.05) is 48.2 Å². The number of carbonyl (C=O) groups is 1. The van der Waals surface area contributed by atoms with Gasteiger partial charge in [0.15, 0.2) is 5.79 Å². The van der Waals surface area contributed by atoms with E-state index >= 15 is 0 Å². The minimum absolute atomic E-state index is 0.0500. The van der Waals surface area contributed by atoms with Gasteiger partial charge in [-0.05, 0) is 18.9 Å². The van der Waals surface area contributed by atoms with Crippen molar-refractivity contribution in [3.05, 3.63) is 33.1 Å². The molecule has 0 saturated carbocycles. The molecule has 0 N–H and O–H groups in total. The molecule has 2 aromatic heterocycles. The van der Waals surface area contributed by atoms with Crippen molar-refractivity contribution in [3.63, 3.8) is 0 Å². The third-order valence-corrected chi connectivity index (χ3v) is 6.46. The van der Waals surface area contributed by atoms with Crippen LogP contribution in [0.3, 0.4) is 0 Å². The maximum absolute atomic E-state index is 13.3. The van der Waals surface area contributed by atoms with E-state index in [1.807, 2.05) is 24.1 Å². The van der Waals surface area contributed by atoms with Crippen molar-refractivity contribution < 1.29 is 14.3 Å². The molecule has 7 heteroatoms.